The molecule has 0 aromatic carbocycles. The molecule has 4 heteroatoms. The Kier molecular flexibility index (Phi) is 6.68. The van der Waals surface area contributed by atoms with Gasteiger partial charge in [0.1, 0.15) is 5.78 Å². The van der Waals surface area contributed by atoms with Crippen LogP contribution in [0.25, 0.3) is 0 Å². The maximum absolute atomic E-state index is 11.8. The number of hydrogen-bond donors (Lipinski definition) is 1. The van der Waals surface area contributed by atoms with Crippen molar-refractivity contribution in [1.29, 1.82) is 0 Å². The molecule has 0 atom stereocenters. The lowest BCUT2D eigenvalue weighted by Crippen LogP contribution is -2.46. The van der Waals surface area contributed by atoms with Crippen molar-refractivity contribution in [3.05, 3.63) is 0 Å². The number of ketones is 1. The van der Waals surface area contributed by atoms with E-state index in [0.29, 0.717) is 31.3 Å². The van der Waals surface area contributed by atoms with Gasteiger partial charge in [0.05, 0.1) is 6.10 Å². The fourth-order valence-corrected chi connectivity index (χ4v) is 3.30. The molecule has 0 bridgehead atoms. The molecule has 120 valence electrons. The molecule has 0 saturated heterocycles. The summed E-state index contributed by atoms with van der Waals surface area (Å²) >= 11 is 0. The summed E-state index contributed by atoms with van der Waals surface area (Å²) in [6, 6.07) is 0.220. The van der Waals surface area contributed by atoms with Gasteiger partial charge >= 0.3 is 0 Å². The summed E-state index contributed by atoms with van der Waals surface area (Å²) in [4.78, 5) is 23.2. The van der Waals surface area contributed by atoms with Crippen LogP contribution in [0.4, 0.5) is 0 Å². The fourth-order valence-electron chi connectivity index (χ4n) is 3.30. The smallest absolute Gasteiger partial charge is 0.220 e. The number of Topliss-reactive ketones (excluding diaryl/α,β-unsaturated/α-hetero) is 1. The minimum atomic E-state index is 0.106. The number of carbonyl (C=O) groups excluding carboxylic acids is 2. The van der Waals surface area contributed by atoms with Gasteiger partial charge in [-0.25, -0.2) is 0 Å². The molecule has 2 aliphatic rings. The van der Waals surface area contributed by atoms with Crippen LogP contribution in [-0.2, 0) is 14.3 Å². The molecule has 21 heavy (non-hydrogen) atoms. The Morgan fingerprint density at radius 3 is 2.52 bits per heavy atom. The van der Waals surface area contributed by atoms with Gasteiger partial charge in [0, 0.05) is 31.4 Å². The topological polar surface area (TPSA) is 55.4 Å². The highest BCUT2D eigenvalue weighted by atomic mass is 16.5. The van der Waals surface area contributed by atoms with Crippen molar-refractivity contribution in [2.24, 2.45) is 5.92 Å². The summed E-state index contributed by atoms with van der Waals surface area (Å²) in [5.41, 5.74) is 0. The zero-order valence-electron chi connectivity index (χ0n) is 13.2. The maximum Gasteiger partial charge on any atom is 0.220 e. The summed E-state index contributed by atoms with van der Waals surface area (Å²) in [6.07, 6.45) is 10.3. The van der Waals surface area contributed by atoms with E-state index in [0.717, 1.165) is 19.3 Å². The van der Waals surface area contributed by atoms with Crippen LogP contribution in [-0.4, -0.2) is 30.4 Å². The van der Waals surface area contributed by atoms with Crippen LogP contribution in [0.2, 0.25) is 0 Å². The van der Waals surface area contributed by atoms with Crippen LogP contribution in [0.5, 0.6) is 0 Å². The van der Waals surface area contributed by atoms with E-state index in [2.05, 4.69) is 5.32 Å². The average molecular weight is 295 g/mol. The normalized spacial score (nSPS) is 26.1. The molecule has 0 aromatic heterocycles. The highest BCUT2D eigenvalue weighted by Crippen LogP contribution is 2.29. The Balaban J connectivity index is 1.48. The predicted octanol–water partition coefficient (Wildman–Crippen LogP) is 2.99. The molecule has 2 fully saturated rings. The molecule has 4 nitrogen and oxygen atoms in total. The third-order valence-electron chi connectivity index (χ3n) is 4.76. The predicted molar refractivity (Wildman–Crippen MR) is 82.0 cm³/mol. The number of rotatable bonds is 8. The third-order valence-corrected chi connectivity index (χ3v) is 4.76. The molecule has 0 aliphatic heterocycles. The van der Waals surface area contributed by atoms with Crippen LogP contribution in [0.3, 0.4) is 0 Å². The van der Waals surface area contributed by atoms with Crippen molar-refractivity contribution in [1.82, 2.24) is 5.32 Å². The Morgan fingerprint density at radius 2 is 1.86 bits per heavy atom. The van der Waals surface area contributed by atoms with Crippen molar-refractivity contribution in [3.63, 3.8) is 0 Å². The first-order valence-electron chi connectivity index (χ1n) is 8.62. The van der Waals surface area contributed by atoms with Crippen LogP contribution in [0.15, 0.2) is 0 Å². The number of ether oxygens (including phenoxy) is 1. The second kappa shape index (κ2) is 8.52. The van der Waals surface area contributed by atoms with Crippen LogP contribution in [0.1, 0.15) is 71.1 Å². The van der Waals surface area contributed by atoms with E-state index in [1.807, 2.05) is 6.92 Å². The maximum atomic E-state index is 11.8. The summed E-state index contributed by atoms with van der Waals surface area (Å²) in [5, 5.41) is 3.02. The summed E-state index contributed by atoms with van der Waals surface area (Å²) < 4.78 is 5.82. The van der Waals surface area contributed by atoms with E-state index in [4.69, 9.17) is 4.74 Å². The van der Waals surface area contributed by atoms with E-state index in [1.54, 1.807) is 0 Å². The van der Waals surface area contributed by atoms with Gasteiger partial charge in [-0.05, 0) is 32.1 Å². The summed E-state index contributed by atoms with van der Waals surface area (Å²) in [7, 11) is 0. The molecular weight excluding hydrogens is 266 g/mol. The lowest BCUT2D eigenvalue weighted by Gasteiger charge is -2.34. The van der Waals surface area contributed by atoms with Crippen LogP contribution in [0, 0.1) is 5.92 Å². The molecule has 2 rings (SSSR count). The molecule has 0 heterocycles. The molecule has 2 saturated carbocycles. The zero-order valence-corrected chi connectivity index (χ0v) is 13.2. The van der Waals surface area contributed by atoms with E-state index in [9.17, 15) is 9.59 Å². The molecule has 0 spiro atoms. The van der Waals surface area contributed by atoms with Gasteiger partial charge in [0.2, 0.25) is 5.91 Å². The Morgan fingerprint density at radius 1 is 1.14 bits per heavy atom. The second-order valence-electron chi connectivity index (χ2n) is 6.49. The summed E-state index contributed by atoms with van der Waals surface area (Å²) in [5.74, 6) is 0.631. The molecule has 1 amide bonds. The number of amides is 1. The van der Waals surface area contributed by atoms with Crippen molar-refractivity contribution in [3.8, 4) is 0 Å². The van der Waals surface area contributed by atoms with Gasteiger partial charge in [-0.15, -0.1) is 0 Å². The molecule has 0 unspecified atom stereocenters. The van der Waals surface area contributed by atoms with Crippen molar-refractivity contribution >= 4 is 11.7 Å². The van der Waals surface area contributed by atoms with Crippen LogP contribution >= 0.6 is 0 Å². The monoisotopic (exact) mass is 295 g/mol. The largest absolute Gasteiger partial charge is 0.378 e. The fraction of sp³-hybridized carbons (Fsp3) is 0.882. The minimum Gasteiger partial charge on any atom is -0.378 e. The molecular formula is C17H29NO3. The zero-order chi connectivity index (χ0) is 15.1. The minimum absolute atomic E-state index is 0.106. The van der Waals surface area contributed by atoms with Crippen LogP contribution < -0.4 is 5.32 Å². The number of nitrogens with one attached hydrogen (secondary N) is 1. The lowest BCUT2D eigenvalue weighted by atomic mass is 9.77. The average Bonchev–Trinajstić information content (AvgIpc) is 2.47. The number of hydrogen-bond acceptors (Lipinski definition) is 3. The first-order chi connectivity index (χ1) is 10.2. The van der Waals surface area contributed by atoms with Gasteiger partial charge < -0.3 is 10.1 Å². The van der Waals surface area contributed by atoms with E-state index in [-0.39, 0.29) is 17.9 Å². The Bertz CT molecular complexity index is 344. The van der Waals surface area contributed by atoms with E-state index < -0.39 is 0 Å². The highest BCUT2D eigenvalue weighted by molar-refractivity contribution is 5.82. The molecule has 0 radical (unpaired) electrons. The lowest BCUT2D eigenvalue weighted by molar-refractivity contribution is -0.129. The Hall–Kier alpha value is -0.900. The van der Waals surface area contributed by atoms with Gasteiger partial charge in [0.25, 0.3) is 0 Å². The number of carbonyl (C=O) groups is 2. The van der Waals surface area contributed by atoms with Gasteiger partial charge in [-0.3, -0.25) is 9.59 Å². The van der Waals surface area contributed by atoms with Crippen molar-refractivity contribution in [2.75, 3.05) is 6.61 Å². The highest BCUT2D eigenvalue weighted by Gasteiger charge is 2.33. The van der Waals surface area contributed by atoms with Crippen molar-refractivity contribution in [2.45, 2.75) is 83.3 Å². The quantitative estimate of drug-likeness (QED) is 0.700. The third kappa shape index (κ3) is 5.42. The van der Waals surface area contributed by atoms with Gasteiger partial charge in [0.15, 0.2) is 0 Å². The molecule has 1 N–H and O–H groups in total. The SMILES string of the molecule is CCC(=O)C1CC(NC(=O)CCCOC2CCCCC2)C1. The van der Waals surface area contributed by atoms with E-state index >= 15 is 0 Å². The second-order valence-corrected chi connectivity index (χ2v) is 6.49. The van der Waals surface area contributed by atoms with Crippen molar-refractivity contribution < 1.29 is 14.3 Å². The summed E-state index contributed by atoms with van der Waals surface area (Å²) in [6.45, 7) is 2.60. The first kappa shape index (κ1) is 16.5. The van der Waals surface area contributed by atoms with Gasteiger partial charge in [-0.2, -0.15) is 0 Å². The Labute approximate surface area is 128 Å². The molecule has 2 aliphatic carbocycles. The molecule has 0 aromatic rings. The van der Waals surface area contributed by atoms with Gasteiger partial charge in [-0.1, -0.05) is 26.2 Å². The standard InChI is InChI=1S/C17H29NO3/c1-2-16(19)13-11-14(12-13)18-17(20)9-6-10-21-15-7-4-3-5-8-15/h13-15H,2-12H2,1H3,(H,18,20). The first-order valence-corrected chi connectivity index (χ1v) is 8.62. The van der Waals surface area contributed by atoms with E-state index in [1.165, 1.54) is 32.1 Å².